The molecule has 0 spiro atoms. The van der Waals surface area contributed by atoms with Crippen LogP contribution in [-0.4, -0.2) is 98.4 Å². The van der Waals surface area contributed by atoms with E-state index in [2.05, 4.69) is 20.9 Å². The molecule has 0 radical (unpaired) electrons. The molecule has 0 fully saturated rings. The zero-order valence-corrected chi connectivity index (χ0v) is 32.9. The van der Waals surface area contributed by atoms with Gasteiger partial charge in [0.1, 0.15) is 17.7 Å². The predicted octanol–water partition coefficient (Wildman–Crippen LogP) is -6.02. The molecule has 0 aromatic rings. The van der Waals surface area contributed by atoms with Crippen LogP contribution in [0.5, 0.6) is 0 Å². The number of nitrogens with one attached hydrogen (secondary N) is 3. The Bertz CT molecular complexity index is 927. The predicted molar refractivity (Wildman–Crippen MR) is 149 cm³/mol. The van der Waals surface area contributed by atoms with Gasteiger partial charge >= 0.3 is 72.8 Å². The van der Waals surface area contributed by atoms with Gasteiger partial charge in [-0.3, -0.25) is 14.2 Å². The number of alkyl halides is 2. The maximum absolute atomic E-state index is 12.9. The van der Waals surface area contributed by atoms with Crippen molar-refractivity contribution in [1.29, 1.82) is 0 Å². The summed E-state index contributed by atoms with van der Waals surface area (Å²) in [7, 11) is -11.8. The fourth-order valence-corrected chi connectivity index (χ4v) is 6.12. The molecular formula is C22H42Cl2N4Na2O11P2. The third kappa shape index (κ3) is 19.4. The van der Waals surface area contributed by atoms with Crippen molar-refractivity contribution in [2.24, 2.45) is 0 Å². The number of carbonyl (C=O) groups is 3. The summed E-state index contributed by atoms with van der Waals surface area (Å²) in [5, 5.41) is 13.2. The average Bonchev–Trinajstić information content (AvgIpc) is 2.80. The fourth-order valence-electron chi connectivity index (χ4n) is 3.49. The Morgan fingerprint density at radius 2 is 1.47 bits per heavy atom. The SMILES string of the molecule is C[C@H](NC(=O)[C@H](CCCCN(CCCl)CCCl)NC(=O)OC(C)(C)C)C(=O)NCCCC(O)(P(=O)([O-])[O-])P(=O)(O)O.[Na+].[Na+]. The Morgan fingerprint density at radius 1 is 0.930 bits per heavy atom. The maximum Gasteiger partial charge on any atom is 1.00 e. The summed E-state index contributed by atoms with van der Waals surface area (Å²) < 4.78 is 27.8. The van der Waals surface area contributed by atoms with Gasteiger partial charge < -0.3 is 54.8 Å². The van der Waals surface area contributed by atoms with Crippen molar-refractivity contribution in [2.75, 3.05) is 37.9 Å². The molecule has 0 rings (SSSR count). The van der Waals surface area contributed by atoms with Crippen molar-refractivity contribution in [3.63, 3.8) is 0 Å². The molecule has 0 aliphatic rings. The summed E-state index contributed by atoms with van der Waals surface area (Å²) >= 11 is 11.6. The third-order valence-electron chi connectivity index (χ3n) is 5.67. The van der Waals surface area contributed by atoms with Crippen LogP contribution in [0.2, 0.25) is 0 Å². The fraction of sp³-hybridized carbons (Fsp3) is 0.864. The van der Waals surface area contributed by atoms with Crippen molar-refractivity contribution in [3.05, 3.63) is 0 Å². The van der Waals surface area contributed by atoms with Gasteiger partial charge in [-0.15, -0.1) is 23.2 Å². The maximum atomic E-state index is 12.9. The van der Waals surface area contributed by atoms with Gasteiger partial charge in [-0.05, 0) is 73.9 Å². The van der Waals surface area contributed by atoms with Crippen LogP contribution in [0, 0.1) is 0 Å². The monoisotopic (exact) mass is 716 g/mol. The molecule has 6 N–H and O–H groups in total. The summed E-state index contributed by atoms with van der Waals surface area (Å²) in [4.78, 5) is 80.4. The third-order valence-corrected chi connectivity index (χ3v) is 9.78. The standard InChI is InChI=1S/C22H44Cl2N4O11P2.2Na/c1-16(18(29)25-12-7-9-22(32,40(33,34)35)41(36,37)38)26-19(30)17(27-20(31)39-21(2,3)4)8-5-6-13-28(14-10-23)15-11-24;;/h16-17,32H,5-15H2,1-4H3,(H,25,29)(H,26,30)(H,27,31)(H2,33,34,35)(H2,36,37,38);;/q;2*+1/p-2/t16-,17-;;/m0../s1. The van der Waals surface area contributed by atoms with Crippen LogP contribution >= 0.6 is 38.4 Å². The molecule has 3 amide bonds. The molecule has 43 heavy (non-hydrogen) atoms. The average molecular weight is 717 g/mol. The molecule has 0 aliphatic heterocycles. The van der Waals surface area contributed by atoms with E-state index in [1.54, 1.807) is 20.8 Å². The molecule has 0 saturated heterocycles. The summed E-state index contributed by atoms with van der Waals surface area (Å²) in [6, 6.07) is -2.18. The van der Waals surface area contributed by atoms with Crippen molar-refractivity contribution >= 4 is 56.3 Å². The van der Waals surface area contributed by atoms with Crippen LogP contribution < -0.4 is 84.9 Å². The number of hydrogen-bond acceptors (Lipinski definition) is 10. The van der Waals surface area contributed by atoms with E-state index >= 15 is 0 Å². The van der Waals surface area contributed by atoms with E-state index in [9.17, 15) is 38.4 Å². The number of alkyl carbamates (subject to hydrolysis) is 1. The van der Waals surface area contributed by atoms with E-state index in [1.165, 1.54) is 6.92 Å². The molecule has 3 atom stereocenters. The first kappa shape index (κ1) is 48.4. The van der Waals surface area contributed by atoms with Crippen LogP contribution in [-0.2, 0) is 23.5 Å². The molecule has 242 valence electrons. The first-order chi connectivity index (χ1) is 18.7. The number of aliphatic hydroxyl groups is 1. The van der Waals surface area contributed by atoms with Gasteiger partial charge in [-0.25, -0.2) is 4.79 Å². The largest absolute Gasteiger partial charge is 1.00 e. The van der Waals surface area contributed by atoms with E-state index < -0.39 is 68.7 Å². The normalized spacial score (nSPS) is 14.8. The van der Waals surface area contributed by atoms with E-state index in [-0.39, 0.29) is 72.1 Å². The van der Waals surface area contributed by atoms with Crippen molar-refractivity contribution in [3.8, 4) is 0 Å². The summed E-state index contributed by atoms with van der Waals surface area (Å²) in [6.45, 7) is 7.90. The van der Waals surface area contributed by atoms with Crippen LogP contribution in [0.4, 0.5) is 4.79 Å². The molecule has 0 aromatic heterocycles. The van der Waals surface area contributed by atoms with Crippen LogP contribution in [0.25, 0.3) is 0 Å². The number of nitrogens with zero attached hydrogens (tertiary/aromatic N) is 1. The van der Waals surface area contributed by atoms with Crippen molar-refractivity contribution < 1.29 is 112 Å². The van der Waals surface area contributed by atoms with E-state index in [1.807, 2.05) is 0 Å². The van der Waals surface area contributed by atoms with E-state index in [0.717, 1.165) is 0 Å². The Hall–Kier alpha value is 1.01. The molecule has 1 unspecified atom stereocenters. The second-order valence-corrected chi connectivity index (χ2v) is 15.0. The number of halogens is 2. The summed E-state index contributed by atoms with van der Waals surface area (Å²) in [5.74, 6) is -0.555. The number of rotatable bonds is 19. The van der Waals surface area contributed by atoms with E-state index in [0.29, 0.717) is 44.2 Å². The van der Waals surface area contributed by atoms with Gasteiger partial charge in [-0.1, -0.05) is 0 Å². The second kappa shape index (κ2) is 22.6. The van der Waals surface area contributed by atoms with Crippen molar-refractivity contribution in [1.82, 2.24) is 20.9 Å². The zero-order valence-electron chi connectivity index (χ0n) is 25.6. The molecule has 0 saturated carbocycles. The molecule has 0 aliphatic carbocycles. The van der Waals surface area contributed by atoms with Crippen LogP contribution in [0.1, 0.15) is 59.8 Å². The van der Waals surface area contributed by atoms with Gasteiger partial charge in [0.05, 0.1) is 0 Å². The Kier molecular flexibility index (Phi) is 25.4. The number of amides is 3. The van der Waals surface area contributed by atoms with Gasteiger partial charge in [0.25, 0.3) is 0 Å². The minimum Gasteiger partial charge on any atom is -0.808 e. The minimum absolute atomic E-state index is 0. The summed E-state index contributed by atoms with van der Waals surface area (Å²) in [6.07, 6.45) is -1.01. The zero-order chi connectivity index (χ0) is 32.1. The molecule has 0 heterocycles. The molecule has 15 nitrogen and oxygen atoms in total. The second-order valence-electron chi connectivity index (χ2n) is 10.4. The van der Waals surface area contributed by atoms with E-state index in [4.69, 9.17) is 37.7 Å². The molecule has 21 heteroatoms. The molecular weight excluding hydrogens is 675 g/mol. The Morgan fingerprint density at radius 3 is 1.91 bits per heavy atom. The van der Waals surface area contributed by atoms with Gasteiger partial charge in [-0.2, -0.15) is 0 Å². The van der Waals surface area contributed by atoms with Gasteiger partial charge in [0, 0.05) is 31.4 Å². The van der Waals surface area contributed by atoms with Crippen molar-refractivity contribution in [2.45, 2.75) is 82.6 Å². The Labute approximate surface area is 307 Å². The first-order valence-corrected chi connectivity index (χ1v) is 17.1. The van der Waals surface area contributed by atoms with Crippen LogP contribution in [0.15, 0.2) is 0 Å². The number of unbranched alkanes of at least 4 members (excludes halogenated alkanes) is 1. The summed E-state index contributed by atoms with van der Waals surface area (Å²) in [5.41, 5.74) is -0.820. The number of hydrogen-bond donors (Lipinski definition) is 6. The Balaban J connectivity index is -0.00000800. The number of carbonyl (C=O) groups excluding carboxylic acids is 3. The topological polar surface area (TPSA) is 241 Å². The number of ether oxygens (including phenoxy) is 1. The first-order valence-electron chi connectivity index (χ1n) is 12.9. The molecule has 0 aromatic carbocycles. The minimum atomic E-state index is -6.11. The molecule has 0 bridgehead atoms. The quantitative estimate of drug-likeness (QED) is 0.0317. The van der Waals surface area contributed by atoms with Crippen LogP contribution in [0.3, 0.4) is 0 Å². The van der Waals surface area contributed by atoms with Gasteiger partial charge in [0.2, 0.25) is 11.8 Å². The van der Waals surface area contributed by atoms with Gasteiger partial charge in [0.15, 0.2) is 5.08 Å². The smallest absolute Gasteiger partial charge is 0.808 e.